The Morgan fingerprint density at radius 3 is 1.62 bits per heavy atom. The number of hydrogen-bond acceptors (Lipinski definition) is 6. The van der Waals surface area contributed by atoms with Crippen molar-refractivity contribution < 1.29 is 19.1 Å². The lowest BCUT2D eigenvalue weighted by molar-refractivity contribution is -0.159. The van der Waals surface area contributed by atoms with E-state index in [0.717, 1.165) is 0 Å². The first kappa shape index (κ1) is 11.9. The number of nitrogens with two attached hydrogens (primary N) is 2. The molecule has 0 radical (unpaired) electrons. The highest BCUT2D eigenvalue weighted by atomic mass is 16.6. The van der Waals surface area contributed by atoms with Crippen molar-refractivity contribution in [3.05, 3.63) is 0 Å². The summed E-state index contributed by atoms with van der Waals surface area (Å²) in [7, 11) is 0. The largest absolute Gasteiger partial charge is 0.447 e. The molecule has 0 aromatic heterocycles. The van der Waals surface area contributed by atoms with Gasteiger partial charge in [0, 0.05) is 0 Å². The van der Waals surface area contributed by atoms with Crippen molar-refractivity contribution in [1.29, 1.82) is 0 Å². The second-order valence-corrected chi connectivity index (χ2v) is 2.57. The van der Waals surface area contributed by atoms with E-state index in [1.807, 2.05) is 0 Å². The van der Waals surface area contributed by atoms with Crippen LogP contribution in [0.25, 0.3) is 0 Å². The van der Waals surface area contributed by atoms with E-state index in [1.165, 1.54) is 13.8 Å². The van der Waals surface area contributed by atoms with E-state index in [1.54, 1.807) is 0 Å². The summed E-state index contributed by atoms with van der Waals surface area (Å²) >= 11 is 0. The molecule has 6 nitrogen and oxygen atoms in total. The van der Waals surface area contributed by atoms with Crippen molar-refractivity contribution in [3.8, 4) is 0 Å². The number of carbonyl (C=O) groups is 2. The Bertz CT molecular complexity index is 171. The first-order valence-electron chi connectivity index (χ1n) is 3.82. The standard InChI is InChI=1S/C7H14N2O4/c1-4(8)12-6(10)3-7(11)13-5(2)9/h4-5H,3,8-9H2,1-2H3. The molecule has 4 N–H and O–H groups in total. The average molecular weight is 190 g/mol. The molecule has 0 aliphatic rings. The number of esters is 2. The smallest absolute Gasteiger partial charge is 0.318 e. The fraction of sp³-hybridized carbons (Fsp3) is 0.714. The topological polar surface area (TPSA) is 105 Å². The number of carbonyl (C=O) groups excluding carboxylic acids is 2. The Kier molecular flexibility index (Phi) is 5.01. The number of ether oxygens (including phenoxy) is 2. The zero-order valence-corrected chi connectivity index (χ0v) is 7.65. The number of rotatable bonds is 4. The molecular formula is C7H14N2O4. The monoisotopic (exact) mass is 190 g/mol. The third-order valence-electron chi connectivity index (χ3n) is 0.923. The van der Waals surface area contributed by atoms with E-state index in [0.29, 0.717) is 0 Å². The van der Waals surface area contributed by atoms with Crippen molar-refractivity contribution >= 4 is 11.9 Å². The molecule has 2 atom stereocenters. The summed E-state index contributed by atoms with van der Waals surface area (Å²) in [5.41, 5.74) is 10.3. The summed E-state index contributed by atoms with van der Waals surface area (Å²) in [6.45, 7) is 2.96. The minimum atomic E-state index is -0.726. The number of hydrogen-bond donors (Lipinski definition) is 2. The maximum Gasteiger partial charge on any atom is 0.318 e. The van der Waals surface area contributed by atoms with Gasteiger partial charge in [0.05, 0.1) is 0 Å². The Morgan fingerprint density at radius 1 is 1.08 bits per heavy atom. The Morgan fingerprint density at radius 2 is 1.38 bits per heavy atom. The van der Waals surface area contributed by atoms with Crippen LogP contribution < -0.4 is 11.5 Å². The minimum Gasteiger partial charge on any atom is -0.447 e. The molecule has 0 amide bonds. The molecule has 2 unspecified atom stereocenters. The van der Waals surface area contributed by atoms with Crippen molar-refractivity contribution in [1.82, 2.24) is 0 Å². The van der Waals surface area contributed by atoms with Gasteiger partial charge in [0.2, 0.25) is 0 Å². The van der Waals surface area contributed by atoms with Gasteiger partial charge in [0.1, 0.15) is 18.9 Å². The Balaban J connectivity index is 3.72. The van der Waals surface area contributed by atoms with Crippen LogP contribution in [0.3, 0.4) is 0 Å². The molecule has 0 saturated heterocycles. The van der Waals surface area contributed by atoms with Crippen molar-refractivity contribution in [3.63, 3.8) is 0 Å². The van der Waals surface area contributed by atoms with Gasteiger partial charge < -0.3 is 9.47 Å². The summed E-state index contributed by atoms with van der Waals surface area (Å²) in [6, 6.07) is 0. The zero-order valence-electron chi connectivity index (χ0n) is 7.65. The van der Waals surface area contributed by atoms with E-state index in [2.05, 4.69) is 9.47 Å². The fourth-order valence-corrected chi connectivity index (χ4v) is 0.616. The normalized spacial score (nSPS) is 14.5. The summed E-state index contributed by atoms with van der Waals surface area (Å²) in [5, 5.41) is 0. The van der Waals surface area contributed by atoms with Gasteiger partial charge in [-0.2, -0.15) is 0 Å². The van der Waals surface area contributed by atoms with Crippen LogP contribution >= 0.6 is 0 Å². The SMILES string of the molecule is CC(N)OC(=O)CC(=O)OC(C)N. The summed E-state index contributed by atoms with van der Waals surface area (Å²) in [4.78, 5) is 21.6. The second kappa shape index (κ2) is 5.50. The lowest BCUT2D eigenvalue weighted by Gasteiger charge is -2.09. The molecule has 76 valence electrons. The molecule has 13 heavy (non-hydrogen) atoms. The van der Waals surface area contributed by atoms with Gasteiger partial charge in [-0.05, 0) is 13.8 Å². The Hall–Kier alpha value is -1.14. The highest BCUT2D eigenvalue weighted by Gasteiger charge is 2.14. The molecule has 0 saturated carbocycles. The molecule has 0 spiro atoms. The summed E-state index contributed by atoms with van der Waals surface area (Å²) < 4.78 is 9.00. The predicted molar refractivity (Wildman–Crippen MR) is 44.1 cm³/mol. The van der Waals surface area contributed by atoms with Gasteiger partial charge in [0.25, 0.3) is 0 Å². The highest BCUT2D eigenvalue weighted by molar-refractivity contribution is 5.91. The molecule has 0 aromatic rings. The van der Waals surface area contributed by atoms with E-state index in [9.17, 15) is 9.59 Å². The van der Waals surface area contributed by atoms with Gasteiger partial charge in [-0.25, -0.2) is 0 Å². The first-order chi connectivity index (χ1) is 5.91. The minimum absolute atomic E-state index is 0.469. The van der Waals surface area contributed by atoms with Crippen molar-refractivity contribution in [2.24, 2.45) is 11.5 Å². The van der Waals surface area contributed by atoms with E-state index < -0.39 is 30.8 Å². The molecular weight excluding hydrogens is 176 g/mol. The van der Waals surface area contributed by atoms with Crippen LogP contribution in [0.2, 0.25) is 0 Å². The second-order valence-electron chi connectivity index (χ2n) is 2.57. The quantitative estimate of drug-likeness (QED) is 0.337. The molecule has 0 aliphatic heterocycles. The molecule has 6 heteroatoms. The van der Waals surface area contributed by atoms with Gasteiger partial charge >= 0.3 is 11.9 Å². The van der Waals surface area contributed by atoms with Gasteiger partial charge in [0.15, 0.2) is 0 Å². The molecule has 0 fully saturated rings. The fourth-order valence-electron chi connectivity index (χ4n) is 0.616. The molecule has 0 aliphatic carbocycles. The maximum absolute atomic E-state index is 10.8. The lowest BCUT2D eigenvalue weighted by Crippen LogP contribution is -2.28. The van der Waals surface area contributed by atoms with Gasteiger partial charge in [-0.3, -0.25) is 21.1 Å². The van der Waals surface area contributed by atoms with E-state index in [-0.39, 0.29) is 0 Å². The predicted octanol–water partition coefficient (Wildman–Crippen LogP) is -0.928. The van der Waals surface area contributed by atoms with Gasteiger partial charge in [-0.1, -0.05) is 0 Å². The van der Waals surface area contributed by atoms with Crippen molar-refractivity contribution in [2.45, 2.75) is 32.7 Å². The lowest BCUT2D eigenvalue weighted by atomic mass is 10.4. The Labute approximate surface area is 76.2 Å². The zero-order chi connectivity index (χ0) is 10.4. The van der Waals surface area contributed by atoms with Gasteiger partial charge in [-0.15, -0.1) is 0 Å². The van der Waals surface area contributed by atoms with Crippen LogP contribution in [0.5, 0.6) is 0 Å². The van der Waals surface area contributed by atoms with Crippen LogP contribution in [0, 0.1) is 0 Å². The van der Waals surface area contributed by atoms with Crippen LogP contribution in [0.4, 0.5) is 0 Å². The van der Waals surface area contributed by atoms with E-state index >= 15 is 0 Å². The third kappa shape index (κ3) is 7.23. The van der Waals surface area contributed by atoms with Crippen LogP contribution in [-0.2, 0) is 19.1 Å². The van der Waals surface area contributed by atoms with E-state index in [4.69, 9.17) is 11.5 Å². The molecule has 0 bridgehead atoms. The summed E-state index contributed by atoms with van der Waals surface area (Å²) in [5.74, 6) is -1.44. The van der Waals surface area contributed by atoms with Crippen LogP contribution in [-0.4, -0.2) is 24.4 Å². The molecule has 0 aromatic carbocycles. The first-order valence-corrected chi connectivity index (χ1v) is 3.82. The molecule has 0 heterocycles. The highest BCUT2D eigenvalue weighted by Crippen LogP contribution is 1.93. The maximum atomic E-state index is 10.8. The van der Waals surface area contributed by atoms with Crippen LogP contribution in [0.1, 0.15) is 20.3 Å². The van der Waals surface area contributed by atoms with Crippen LogP contribution in [0.15, 0.2) is 0 Å². The average Bonchev–Trinajstić information content (AvgIpc) is 1.80. The third-order valence-corrected chi connectivity index (χ3v) is 0.923. The van der Waals surface area contributed by atoms with Crippen molar-refractivity contribution in [2.75, 3.05) is 0 Å². The summed E-state index contributed by atoms with van der Waals surface area (Å²) in [6.07, 6.45) is -1.92. The molecule has 0 rings (SSSR count).